The third kappa shape index (κ3) is 1.81. The monoisotopic (exact) mass is 203 g/mol. The van der Waals surface area contributed by atoms with Crippen molar-refractivity contribution < 1.29 is 0 Å². The predicted octanol–water partition coefficient (Wildman–Crippen LogP) is 3.07. The van der Waals surface area contributed by atoms with Crippen molar-refractivity contribution in [2.24, 2.45) is 5.73 Å². The highest BCUT2D eigenvalue weighted by Crippen LogP contribution is 2.41. The van der Waals surface area contributed by atoms with Crippen LogP contribution in [0.5, 0.6) is 0 Å². The summed E-state index contributed by atoms with van der Waals surface area (Å²) in [6.45, 7) is 6.79. The summed E-state index contributed by atoms with van der Waals surface area (Å²) in [6, 6.07) is 7.04. The molecule has 1 aromatic rings. The molecular weight excluding hydrogens is 182 g/mol. The summed E-state index contributed by atoms with van der Waals surface area (Å²) in [7, 11) is 0. The fourth-order valence-electron chi connectivity index (χ4n) is 2.94. The Kier molecular flexibility index (Phi) is 2.59. The van der Waals surface area contributed by atoms with Crippen molar-refractivity contribution in [3.05, 3.63) is 34.9 Å². The molecule has 2 N–H and O–H groups in total. The van der Waals surface area contributed by atoms with Crippen LogP contribution in [0.3, 0.4) is 0 Å². The molecule has 1 fully saturated rings. The third-order valence-electron chi connectivity index (χ3n) is 4.03. The molecule has 0 saturated heterocycles. The van der Waals surface area contributed by atoms with Crippen LogP contribution in [0.15, 0.2) is 18.2 Å². The molecule has 0 heterocycles. The summed E-state index contributed by atoms with van der Waals surface area (Å²) in [5.74, 6) is 0. The van der Waals surface area contributed by atoms with Crippen LogP contribution in [0.2, 0.25) is 0 Å². The summed E-state index contributed by atoms with van der Waals surface area (Å²) in [6.07, 6.45) is 3.54. The van der Waals surface area contributed by atoms with Gasteiger partial charge < -0.3 is 5.73 Å². The second kappa shape index (κ2) is 3.64. The van der Waals surface area contributed by atoms with Crippen molar-refractivity contribution >= 4 is 0 Å². The summed E-state index contributed by atoms with van der Waals surface area (Å²) >= 11 is 0. The van der Waals surface area contributed by atoms with E-state index in [4.69, 9.17) is 5.73 Å². The Morgan fingerprint density at radius 3 is 2.67 bits per heavy atom. The lowest BCUT2D eigenvalue weighted by atomic mass is 9.78. The molecule has 0 aliphatic heterocycles. The van der Waals surface area contributed by atoms with Crippen LogP contribution >= 0.6 is 0 Å². The van der Waals surface area contributed by atoms with E-state index >= 15 is 0 Å². The van der Waals surface area contributed by atoms with Gasteiger partial charge in [-0.3, -0.25) is 0 Å². The van der Waals surface area contributed by atoms with E-state index in [0.717, 1.165) is 6.42 Å². The minimum absolute atomic E-state index is 0.315. The Hall–Kier alpha value is -0.820. The van der Waals surface area contributed by atoms with Crippen LogP contribution < -0.4 is 5.73 Å². The maximum atomic E-state index is 6.04. The number of hydrogen-bond donors (Lipinski definition) is 1. The molecule has 1 aromatic carbocycles. The van der Waals surface area contributed by atoms with Crippen molar-refractivity contribution in [2.75, 3.05) is 0 Å². The average molecular weight is 203 g/mol. The zero-order valence-corrected chi connectivity index (χ0v) is 10.0. The Morgan fingerprint density at radius 2 is 2.07 bits per heavy atom. The Labute approximate surface area is 92.7 Å². The van der Waals surface area contributed by atoms with E-state index in [-0.39, 0.29) is 0 Å². The third-order valence-corrected chi connectivity index (χ3v) is 4.03. The van der Waals surface area contributed by atoms with Gasteiger partial charge in [0.25, 0.3) is 0 Å². The van der Waals surface area contributed by atoms with Gasteiger partial charge in [-0.05, 0) is 55.2 Å². The molecule has 2 rings (SSSR count). The second-order valence-corrected chi connectivity index (χ2v) is 5.31. The number of nitrogens with two attached hydrogens (primary N) is 1. The molecule has 82 valence electrons. The number of hydrogen-bond acceptors (Lipinski definition) is 1. The lowest BCUT2D eigenvalue weighted by Crippen LogP contribution is -2.23. The minimum atomic E-state index is 0.315. The van der Waals surface area contributed by atoms with Gasteiger partial charge in [-0.1, -0.05) is 25.1 Å². The lowest BCUT2D eigenvalue weighted by Gasteiger charge is -2.27. The van der Waals surface area contributed by atoms with Gasteiger partial charge in [-0.2, -0.15) is 0 Å². The fourth-order valence-corrected chi connectivity index (χ4v) is 2.94. The highest BCUT2D eigenvalue weighted by Gasteiger charge is 2.35. The van der Waals surface area contributed by atoms with Gasteiger partial charge in [0.1, 0.15) is 0 Å². The Balaban J connectivity index is 2.41. The SMILES string of the molecule is Cc1cccc(C2(C)CCC(N)C2)c1C. The second-order valence-electron chi connectivity index (χ2n) is 5.31. The molecule has 2 unspecified atom stereocenters. The molecule has 0 amide bonds. The zero-order chi connectivity index (χ0) is 11.1. The van der Waals surface area contributed by atoms with Crippen molar-refractivity contribution in [1.29, 1.82) is 0 Å². The zero-order valence-electron chi connectivity index (χ0n) is 10.0. The molecular formula is C14H21N. The molecule has 0 radical (unpaired) electrons. The van der Waals surface area contributed by atoms with E-state index in [0.29, 0.717) is 11.5 Å². The van der Waals surface area contributed by atoms with Crippen LogP contribution in [0.1, 0.15) is 42.9 Å². The average Bonchev–Trinajstić information content (AvgIpc) is 2.52. The van der Waals surface area contributed by atoms with E-state index in [2.05, 4.69) is 39.0 Å². The first-order valence-electron chi connectivity index (χ1n) is 5.85. The number of benzene rings is 1. The van der Waals surface area contributed by atoms with Gasteiger partial charge in [0, 0.05) is 6.04 Å². The topological polar surface area (TPSA) is 26.0 Å². The summed E-state index contributed by atoms with van der Waals surface area (Å²) < 4.78 is 0. The van der Waals surface area contributed by atoms with Crippen LogP contribution in [-0.2, 0) is 5.41 Å². The van der Waals surface area contributed by atoms with E-state index in [1.807, 2.05) is 0 Å². The molecule has 1 saturated carbocycles. The van der Waals surface area contributed by atoms with Crippen LogP contribution in [0.4, 0.5) is 0 Å². The smallest absolute Gasteiger partial charge is 0.00475 e. The van der Waals surface area contributed by atoms with Crippen molar-refractivity contribution in [3.63, 3.8) is 0 Å². The largest absolute Gasteiger partial charge is 0.328 e. The van der Waals surface area contributed by atoms with E-state index < -0.39 is 0 Å². The van der Waals surface area contributed by atoms with Gasteiger partial charge >= 0.3 is 0 Å². The van der Waals surface area contributed by atoms with Gasteiger partial charge in [-0.25, -0.2) is 0 Å². The highest BCUT2D eigenvalue weighted by atomic mass is 14.7. The van der Waals surface area contributed by atoms with Gasteiger partial charge in [-0.15, -0.1) is 0 Å². The molecule has 0 spiro atoms. The summed E-state index contributed by atoms with van der Waals surface area (Å²) in [5, 5.41) is 0. The van der Waals surface area contributed by atoms with Crippen molar-refractivity contribution in [2.45, 2.75) is 51.5 Å². The molecule has 15 heavy (non-hydrogen) atoms. The van der Waals surface area contributed by atoms with Gasteiger partial charge in [0.2, 0.25) is 0 Å². The fraction of sp³-hybridized carbons (Fsp3) is 0.571. The standard InChI is InChI=1S/C14H21N/c1-10-5-4-6-13(11(10)2)14(3)8-7-12(15)9-14/h4-6,12H,7-9,15H2,1-3H3. The lowest BCUT2D eigenvalue weighted by molar-refractivity contribution is 0.479. The van der Waals surface area contributed by atoms with Gasteiger partial charge in [0.05, 0.1) is 0 Å². The molecule has 1 nitrogen and oxygen atoms in total. The maximum absolute atomic E-state index is 6.04. The van der Waals surface area contributed by atoms with Crippen LogP contribution in [0, 0.1) is 13.8 Å². The van der Waals surface area contributed by atoms with Gasteiger partial charge in [0.15, 0.2) is 0 Å². The quantitative estimate of drug-likeness (QED) is 0.746. The highest BCUT2D eigenvalue weighted by molar-refractivity contribution is 5.39. The normalized spacial score (nSPS) is 30.8. The molecule has 2 atom stereocenters. The first kappa shape index (κ1) is 10.7. The summed E-state index contributed by atoms with van der Waals surface area (Å²) in [5.41, 5.74) is 10.7. The Bertz CT molecular complexity index is 370. The number of aryl methyl sites for hydroxylation is 1. The van der Waals surface area contributed by atoms with Crippen LogP contribution in [-0.4, -0.2) is 6.04 Å². The van der Waals surface area contributed by atoms with E-state index in [9.17, 15) is 0 Å². The van der Waals surface area contributed by atoms with Crippen LogP contribution in [0.25, 0.3) is 0 Å². The molecule has 1 aliphatic rings. The maximum Gasteiger partial charge on any atom is 0.00475 e. The van der Waals surface area contributed by atoms with Crippen molar-refractivity contribution in [1.82, 2.24) is 0 Å². The first-order valence-corrected chi connectivity index (χ1v) is 5.85. The van der Waals surface area contributed by atoms with E-state index in [1.54, 1.807) is 0 Å². The summed E-state index contributed by atoms with van der Waals surface area (Å²) in [4.78, 5) is 0. The first-order chi connectivity index (χ1) is 7.03. The predicted molar refractivity (Wildman–Crippen MR) is 65.1 cm³/mol. The minimum Gasteiger partial charge on any atom is -0.328 e. The Morgan fingerprint density at radius 1 is 1.33 bits per heavy atom. The molecule has 1 aliphatic carbocycles. The molecule has 0 bridgehead atoms. The molecule has 1 heteroatoms. The molecule has 0 aromatic heterocycles. The van der Waals surface area contributed by atoms with E-state index in [1.165, 1.54) is 29.5 Å². The number of rotatable bonds is 1. The van der Waals surface area contributed by atoms with Crippen molar-refractivity contribution in [3.8, 4) is 0 Å².